The van der Waals surface area contributed by atoms with Crippen LogP contribution in [0.25, 0.3) is 0 Å². The van der Waals surface area contributed by atoms with E-state index in [1.165, 1.54) is 103 Å². The van der Waals surface area contributed by atoms with Crippen LogP contribution in [0.2, 0.25) is 0 Å². The Morgan fingerprint density at radius 3 is 1.73 bits per heavy atom. The lowest BCUT2D eigenvalue weighted by atomic mass is 9.99. The van der Waals surface area contributed by atoms with Crippen molar-refractivity contribution in [3.63, 3.8) is 0 Å². The summed E-state index contributed by atoms with van der Waals surface area (Å²) in [7, 11) is 0. The van der Waals surface area contributed by atoms with Crippen molar-refractivity contribution in [2.24, 2.45) is 0 Å². The summed E-state index contributed by atoms with van der Waals surface area (Å²) in [6.07, 6.45) is 40.8. The molecule has 7 atom stereocenters. The number of carbonyl (C=O) groups is 2. The topological polar surface area (TPSA) is 175 Å². The third-order valence-electron chi connectivity index (χ3n) is 11.7. The maximum Gasteiger partial charge on any atom is 0.305 e. The van der Waals surface area contributed by atoms with Gasteiger partial charge in [0, 0.05) is 12.8 Å². The van der Waals surface area contributed by atoms with Crippen LogP contribution in [-0.4, -0.2) is 100 Å². The highest BCUT2D eigenvalue weighted by molar-refractivity contribution is 5.76. The van der Waals surface area contributed by atoms with Crippen LogP contribution in [0.4, 0.5) is 0 Å². The minimum Gasteiger partial charge on any atom is -0.466 e. The number of esters is 1. The fraction of sp³-hybridized carbons (Fsp3) is 0.808. The number of amides is 1. The van der Waals surface area contributed by atoms with Crippen molar-refractivity contribution < 1.29 is 49.3 Å². The molecule has 1 aliphatic heterocycles. The smallest absolute Gasteiger partial charge is 0.305 e. The molecule has 1 rings (SSSR count). The summed E-state index contributed by atoms with van der Waals surface area (Å²) in [5.74, 6) is -0.317. The van der Waals surface area contributed by atoms with E-state index >= 15 is 0 Å². The number of nitrogens with one attached hydrogen (secondary N) is 1. The average molecular weight is 892 g/mol. The molecule has 1 aliphatic rings. The number of aliphatic hydroxyl groups excluding tert-OH is 5. The van der Waals surface area contributed by atoms with E-state index in [4.69, 9.17) is 14.2 Å². The summed E-state index contributed by atoms with van der Waals surface area (Å²) < 4.78 is 16.6. The third kappa shape index (κ3) is 32.9. The van der Waals surface area contributed by atoms with E-state index in [9.17, 15) is 35.1 Å². The second kappa shape index (κ2) is 42.3. The number of hydrogen-bond donors (Lipinski definition) is 6. The number of hydrogen-bond acceptors (Lipinski definition) is 10. The molecule has 1 amide bonds. The van der Waals surface area contributed by atoms with E-state index in [1.54, 1.807) is 6.08 Å². The first kappa shape index (κ1) is 58.6. The monoisotopic (exact) mass is 892 g/mol. The van der Waals surface area contributed by atoms with Crippen LogP contribution < -0.4 is 5.32 Å². The molecule has 0 aromatic carbocycles. The van der Waals surface area contributed by atoms with Gasteiger partial charge in [0.1, 0.15) is 24.4 Å². The molecule has 63 heavy (non-hydrogen) atoms. The van der Waals surface area contributed by atoms with Gasteiger partial charge in [-0.2, -0.15) is 0 Å². The maximum absolute atomic E-state index is 12.9. The zero-order chi connectivity index (χ0) is 46.0. The Morgan fingerprint density at radius 2 is 1.10 bits per heavy atom. The van der Waals surface area contributed by atoms with E-state index in [0.717, 1.165) is 70.6 Å². The van der Waals surface area contributed by atoms with Crippen molar-refractivity contribution in [3.8, 4) is 0 Å². The van der Waals surface area contributed by atoms with Crippen LogP contribution in [0.3, 0.4) is 0 Å². The molecule has 0 aromatic heterocycles. The Kier molecular flexibility index (Phi) is 39.3. The van der Waals surface area contributed by atoms with Crippen molar-refractivity contribution in [2.45, 2.75) is 249 Å². The van der Waals surface area contributed by atoms with Crippen LogP contribution in [-0.2, 0) is 23.8 Å². The summed E-state index contributed by atoms with van der Waals surface area (Å²) in [5.41, 5.74) is 0. The number of ether oxygens (including phenoxy) is 3. The molecule has 1 heterocycles. The Balaban J connectivity index is 2.20. The molecule has 1 saturated heterocycles. The molecule has 0 aromatic rings. The van der Waals surface area contributed by atoms with Crippen molar-refractivity contribution in [2.75, 3.05) is 19.8 Å². The Hall–Kier alpha value is -2.38. The molecule has 6 N–H and O–H groups in total. The normalized spacial score (nSPS) is 20.4. The van der Waals surface area contributed by atoms with Gasteiger partial charge >= 0.3 is 5.97 Å². The van der Waals surface area contributed by atoms with Gasteiger partial charge in [-0.3, -0.25) is 9.59 Å². The predicted molar refractivity (Wildman–Crippen MR) is 255 cm³/mol. The highest BCUT2D eigenvalue weighted by Crippen LogP contribution is 2.22. The van der Waals surface area contributed by atoms with Gasteiger partial charge in [-0.1, -0.05) is 178 Å². The molecule has 11 nitrogen and oxygen atoms in total. The molecular weight excluding hydrogens is 799 g/mol. The summed E-state index contributed by atoms with van der Waals surface area (Å²) in [6, 6.07) is -0.870. The summed E-state index contributed by atoms with van der Waals surface area (Å²) in [5, 5.41) is 53.9. The standard InChI is InChI=1S/C52H93NO10/c1-3-5-7-9-11-13-14-16-20-24-28-32-36-40-48(57)61-41-37-33-29-25-21-18-15-17-19-23-27-31-35-39-47(56)53-44(45(55)38-34-30-26-22-12-10-8-6-4-2)43-62-52-51(60)50(59)49(58)46(42-54)63-52/h12,17,19,22,27,31,34,38,44-46,49-52,54-55,58-60H,3-11,13-16,18,20-21,23-26,28-30,32-33,35-37,39-43H2,1-2H3,(H,53,56)/b19-17-,22-12+,31-27-,38-34+. The first-order valence-electron chi connectivity index (χ1n) is 25.4. The second-order valence-electron chi connectivity index (χ2n) is 17.5. The molecule has 7 unspecified atom stereocenters. The van der Waals surface area contributed by atoms with Gasteiger partial charge in [0.25, 0.3) is 0 Å². The van der Waals surface area contributed by atoms with Gasteiger partial charge in [0.2, 0.25) is 5.91 Å². The zero-order valence-electron chi connectivity index (χ0n) is 39.8. The lowest BCUT2D eigenvalue weighted by molar-refractivity contribution is -0.302. The average Bonchev–Trinajstić information content (AvgIpc) is 3.28. The van der Waals surface area contributed by atoms with Gasteiger partial charge in [0.15, 0.2) is 6.29 Å². The highest BCUT2D eigenvalue weighted by atomic mass is 16.7. The number of carbonyl (C=O) groups excluding carboxylic acids is 2. The maximum atomic E-state index is 12.9. The quantitative estimate of drug-likeness (QED) is 0.0197. The zero-order valence-corrected chi connectivity index (χ0v) is 39.8. The van der Waals surface area contributed by atoms with Crippen LogP contribution >= 0.6 is 0 Å². The van der Waals surface area contributed by atoms with Crippen LogP contribution in [0.15, 0.2) is 48.6 Å². The second-order valence-corrected chi connectivity index (χ2v) is 17.5. The SMILES string of the molecule is CCCCC/C=C/CC/C=C/C(O)C(COC1OC(CO)C(O)C(O)C1O)NC(=O)CC/C=C\C/C=C\CCCCCCCCOC(=O)CCCCCCCCCCCCCCC. The van der Waals surface area contributed by atoms with Gasteiger partial charge in [-0.05, 0) is 64.2 Å². The lowest BCUT2D eigenvalue weighted by Crippen LogP contribution is -2.60. The fourth-order valence-corrected chi connectivity index (χ4v) is 7.56. The Morgan fingerprint density at radius 1 is 0.587 bits per heavy atom. The molecule has 0 spiro atoms. The van der Waals surface area contributed by atoms with E-state index < -0.39 is 49.5 Å². The fourth-order valence-electron chi connectivity index (χ4n) is 7.56. The van der Waals surface area contributed by atoms with Gasteiger partial charge in [-0.15, -0.1) is 0 Å². The summed E-state index contributed by atoms with van der Waals surface area (Å²) in [4.78, 5) is 24.9. The molecule has 0 aliphatic carbocycles. The van der Waals surface area contributed by atoms with Crippen molar-refractivity contribution in [1.82, 2.24) is 5.32 Å². The number of aliphatic hydroxyl groups is 5. The highest BCUT2D eigenvalue weighted by Gasteiger charge is 2.44. The van der Waals surface area contributed by atoms with E-state index in [0.29, 0.717) is 19.4 Å². The lowest BCUT2D eigenvalue weighted by Gasteiger charge is -2.40. The molecular formula is C52H93NO10. The summed E-state index contributed by atoms with van der Waals surface area (Å²) in [6.45, 7) is 4.16. The number of unbranched alkanes of at least 4 members (excludes halogenated alkanes) is 22. The van der Waals surface area contributed by atoms with Crippen molar-refractivity contribution in [1.29, 1.82) is 0 Å². The molecule has 11 heteroatoms. The van der Waals surface area contributed by atoms with E-state index in [2.05, 4.69) is 43.5 Å². The van der Waals surface area contributed by atoms with E-state index in [-0.39, 0.29) is 24.9 Å². The van der Waals surface area contributed by atoms with Crippen LogP contribution in [0.1, 0.15) is 206 Å². The number of rotatable bonds is 42. The first-order chi connectivity index (χ1) is 30.7. The Labute approximate surface area is 383 Å². The molecule has 0 saturated carbocycles. The molecule has 1 fully saturated rings. The minimum absolute atomic E-state index is 0.0402. The van der Waals surface area contributed by atoms with Gasteiger partial charge in [-0.25, -0.2) is 0 Å². The van der Waals surface area contributed by atoms with Crippen LogP contribution in [0, 0.1) is 0 Å². The molecule has 0 radical (unpaired) electrons. The van der Waals surface area contributed by atoms with Gasteiger partial charge in [0.05, 0.1) is 32.0 Å². The molecule has 366 valence electrons. The first-order valence-corrected chi connectivity index (χ1v) is 25.4. The Bertz CT molecular complexity index is 1190. The van der Waals surface area contributed by atoms with E-state index in [1.807, 2.05) is 18.2 Å². The predicted octanol–water partition coefficient (Wildman–Crippen LogP) is 10.2. The van der Waals surface area contributed by atoms with Crippen molar-refractivity contribution in [3.05, 3.63) is 48.6 Å². The van der Waals surface area contributed by atoms with Gasteiger partial charge < -0.3 is 45.1 Å². The largest absolute Gasteiger partial charge is 0.466 e. The molecule has 0 bridgehead atoms. The third-order valence-corrected chi connectivity index (χ3v) is 11.7. The minimum atomic E-state index is -1.59. The number of allylic oxidation sites excluding steroid dienone is 7. The van der Waals surface area contributed by atoms with Crippen LogP contribution in [0.5, 0.6) is 0 Å². The summed E-state index contributed by atoms with van der Waals surface area (Å²) >= 11 is 0. The van der Waals surface area contributed by atoms with Crippen molar-refractivity contribution >= 4 is 11.9 Å².